The molecule has 8 rings (SSSR count). The van der Waals surface area contributed by atoms with Gasteiger partial charge in [-0.3, -0.25) is 4.79 Å². The minimum Gasteiger partial charge on any atom is -0.298 e. The van der Waals surface area contributed by atoms with Gasteiger partial charge in [0, 0.05) is 17.8 Å². The van der Waals surface area contributed by atoms with E-state index in [1.165, 1.54) is 11.1 Å². The van der Waals surface area contributed by atoms with Gasteiger partial charge in [0.25, 0.3) is 0 Å². The van der Waals surface area contributed by atoms with Crippen LogP contribution in [0.25, 0.3) is 0 Å². The average molecular weight is 631 g/mol. The lowest BCUT2D eigenvalue weighted by molar-refractivity contribution is -0.130. The third-order valence-corrected chi connectivity index (χ3v) is 11.0. The molecule has 0 aliphatic heterocycles. The normalized spacial score (nSPS) is 17.6. The maximum absolute atomic E-state index is 16.2. The van der Waals surface area contributed by atoms with Crippen LogP contribution in [-0.2, 0) is 21.0 Å². The van der Waals surface area contributed by atoms with E-state index in [-0.39, 0.29) is 11.7 Å². The van der Waals surface area contributed by atoms with Crippen LogP contribution in [0.1, 0.15) is 51.3 Å². The molecule has 1 unspecified atom stereocenters. The van der Waals surface area contributed by atoms with Gasteiger partial charge >= 0.3 is 0 Å². The molecule has 1 aliphatic rings. The van der Waals surface area contributed by atoms with E-state index in [9.17, 15) is 0 Å². The number of carbonyl (C=O) groups is 1. The Balaban J connectivity index is 1.73. The molecule has 0 N–H and O–H groups in total. The van der Waals surface area contributed by atoms with Crippen molar-refractivity contribution < 1.29 is 4.79 Å². The molecular formula is C48H38O. The lowest BCUT2D eigenvalue weighted by Gasteiger charge is -2.67. The second-order valence-electron chi connectivity index (χ2n) is 13.1. The van der Waals surface area contributed by atoms with E-state index >= 15 is 4.79 Å². The molecule has 7 aromatic carbocycles. The number of benzene rings is 7. The zero-order chi connectivity index (χ0) is 33.2. The summed E-state index contributed by atoms with van der Waals surface area (Å²) >= 11 is 0. The van der Waals surface area contributed by atoms with Crippen molar-refractivity contribution in [2.45, 2.75) is 28.6 Å². The molecule has 0 heterocycles. The van der Waals surface area contributed by atoms with Crippen LogP contribution in [-0.4, -0.2) is 5.78 Å². The molecule has 7 aromatic rings. The molecule has 0 amide bonds. The summed E-state index contributed by atoms with van der Waals surface area (Å²) in [5.74, 6) is -0.0130. The van der Waals surface area contributed by atoms with Crippen LogP contribution in [0.5, 0.6) is 0 Å². The van der Waals surface area contributed by atoms with Crippen molar-refractivity contribution in [2.24, 2.45) is 0 Å². The van der Waals surface area contributed by atoms with Gasteiger partial charge in [-0.05, 0) is 38.9 Å². The lowest BCUT2D eigenvalue weighted by atomic mass is 9.32. The van der Waals surface area contributed by atoms with Crippen molar-refractivity contribution in [3.63, 3.8) is 0 Å². The number of hydrogen-bond donors (Lipinski definition) is 0. The molecule has 0 saturated heterocycles. The predicted molar refractivity (Wildman–Crippen MR) is 200 cm³/mol. The van der Waals surface area contributed by atoms with Crippen LogP contribution < -0.4 is 0 Å². The quantitative estimate of drug-likeness (QED) is 0.171. The van der Waals surface area contributed by atoms with Gasteiger partial charge < -0.3 is 0 Å². The summed E-state index contributed by atoms with van der Waals surface area (Å²) in [7, 11) is 0. The summed E-state index contributed by atoms with van der Waals surface area (Å²) in [6.07, 6.45) is 0.346. The Labute approximate surface area is 289 Å². The van der Waals surface area contributed by atoms with Crippen molar-refractivity contribution >= 4 is 5.78 Å². The molecule has 0 radical (unpaired) electrons. The Morgan fingerprint density at radius 2 is 0.633 bits per heavy atom. The van der Waals surface area contributed by atoms with Crippen LogP contribution in [0.15, 0.2) is 212 Å². The van der Waals surface area contributed by atoms with Crippen molar-refractivity contribution in [2.75, 3.05) is 0 Å². The predicted octanol–water partition coefficient (Wildman–Crippen LogP) is 10.7. The highest BCUT2D eigenvalue weighted by Crippen LogP contribution is 2.71. The molecule has 236 valence electrons. The van der Waals surface area contributed by atoms with Gasteiger partial charge in [-0.15, -0.1) is 0 Å². The summed E-state index contributed by atoms with van der Waals surface area (Å²) in [5, 5.41) is 0. The topological polar surface area (TPSA) is 17.1 Å². The number of rotatable bonds is 7. The van der Waals surface area contributed by atoms with E-state index in [0.717, 1.165) is 27.8 Å². The Bertz CT molecular complexity index is 2010. The fraction of sp³-hybridized carbons (Fsp3) is 0.104. The fourth-order valence-electron chi connectivity index (χ4n) is 9.44. The van der Waals surface area contributed by atoms with Crippen molar-refractivity contribution in [3.8, 4) is 0 Å². The van der Waals surface area contributed by atoms with Gasteiger partial charge in [0.2, 0.25) is 0 Å². The van der Waals surface area contributed by atoms with Gasteiger partial charge in [-0.1, -0.05) is 212 Å². The largest absolute Gasteiger partial charge is 0.298 e. The molecule has 0 spiro atoms. The average Bonchev–Trinajstić information content (AvgIpc) is 3.20. The summed E-state index contributed by atoms with van der Waals surface area (Å²) < 4.78 is 0. The molecule has 1 aliphatic carbocycles. The van der Waals surface area contributed by atoms with Gasteiger partial charge in [-0.2, -0.15) is 0 Å². The van der Waals surface area contributed by atoms with E-state index in [4.69, 9.17) is 0 Å². The van der Waals surface area contributed by atoms with Gasteiger partial charge in [0.1, 0.15) is 5.78 Å². The van der Waals surface area contributed by atoms with Gasteiger partial charge in [0.15, 0.2) is 0 Å². The molecule has 1 fully saturated rings. The summed E-state index contributed by atoms with van der Waals surface area (Å²) in [6, 6.07) is 75.6. The van der Waals surface area contributed by atoms with Crippen molar-refractivity contribution in [1.82, 2.24) is 0 Å². The SMILES string of the molecule is O=C1CC(c2ccccc2)C(c2ccccc2)(c2ccccc2)C(c2ccccc2)(c2ccccc2)C1(c1ccccc1)c1ccccc1. The van der Waals surface area contributed by atoms with Gasteiger partial charge in [-0.25, -0.2) is 0 Å². The minimum atomic E-state index is -1.14. The maximum atomic E-state index is 16.2. The van der Waals surface area contributed by atoms with E-state index in [1.807, 2.05) is 0 Å². The number of ketones is 1. The Morgan fingerprint density at radius 1 is 0.347 bits per heavy atom. The van der Waals surface area contributed by atoms with E-state index in [2.05, 4.69) is 212 Å². The second-order valence-corrected chi connectivity index (χ2v) is 13.1. The third kappa shape index (κ3) is 4.42. The maximum Gasteiger partial charge on any atom is 0.149 e. The van der Waals surface area contributed by atoms with Crippen LogP contribution in [0.3, 0.4) is 0 Å². The first kappa shape index (κ1) is 30.5. The molecule has 0 aromatic heterocycles. The Morgan fingerprint density at radius 3 is 0.980 bits per heavy atom. The van der Waals surface area contributed by atoms with Gasteiger partial charge in [0.05, 0.1) is 10.8 Å². The molecule has 0 bridgehead atoms. The molecule has 1 atom stereocenters. The number of hydrogen-bond acceptors (Lipinski definition) is 1. The highest BCUT2D eigenvalue weighted by Gasteiger charge is 2.74. The van der Waals surface area contributed by atoms with E-state index in [1.54, 1.807) is 0 Å². The highest BCUT2D eigenvalue weighted by atomic mass is 16.1. The lowest BCUT2D eigenvalue weighted by Crippen LogP contribution is -2.71. The van der Waals surface area contributed by atoms with Crippen LogP contribution in [0, 0.1) is 0 Å². The smallest absolute Gasteiger partial charge is 0.149 e. The van der Waals surface area contributed by atoms with Crippen molar-refractivity contribution in [1.29, 1.82) is 0 Å². The van der Waals surface area contributed by atoms with Crippen LogP contribution >= 0.6 is 0 Å². The van der Waals surface area contributed by atoms with Crippen LogP contribution in [0.2, 0.25) is 0 Å². The number of Topliss-reactive ketones (excluding diaryl/α,β-unsaturated/α-hetero) is 1. The first-order chi connectivity index (χ1) is 24.3. The Hall–Kier alpha value is -5.79. The monoisotopic (exact) mass is 630 g/mol. The van der Waals surface area contributed by atoms with E-state index < -0.39 is 16.2 Å². The first-order valence-electron chi connectivity index (χ1n) is 17.2. The summed E-state index contributed by atoms with van der Waals surface area (Å²) in [6.45, 7) is 0. The zero-order valence-electron chi connectivity index (χ0n) is 27.4. The fourth-order valence-corrected chi connectivity index (χ4v) is 9.44. The summed E-state index contributed by atoms with van der Waals surface area (Å²) in [4.78, 5) is 16.2. The third-order valence-electron chi connectivity index (χ3n) is 11.0. The molecule has 1 nitrogen and oxygen atoms in total. The molecule has 1 saturated carbocycles. The number of carbonyl (C=O) groups excluding carboxylic acids is 1. The molecule has 1 heteroatoms. The zero-order valence-corrected chi connectivity index (χ0v) is 27.4. The second kappa shape index (κ2) is 12.7. The molecular weight excluding hydrogens is 593 g/mol. The first-order valence-corrected chi connectivity index (χ1v) is 17.2. The highest BCUT2D eigenvalue weighted by molar-refractivity contribution is 6.01. The Kier molecular flexibility index (Phi) is 7.90. The summed E-state index contributed by atoms with van der Waals surface area (Å²) in [5.41, 5.74) is 4.72. The van der Waals surface area contributed by atoms with E-state index in [0.29, 0.717) is 6.42 Å². The van der Waals surface area contributed by atoms with Crippen LogP contribution in [0.4, 0.5) is 0 Å². The standard InChI is InChI=1S/C48H38O/c49-45-36-44(37-22-8-1-9-23-37)46(38-24-10-2-11-25-38,39-26-12-3-13-27-39)48(42-32-18-6-19-33-42,43-34-20-7-21-35-43)47(45,40-28-14-4-15-29-40)41-30-16-5-17-31-41/h1-35,44H,36H2. The minimum absolute atomic E-state index is 0.203. The van der Waals surface area contributed by atoms with Crippen molar-refractivity contribution in [3.05, 3.63) is 251 Å². The molecule has 49 heavy (non-hydrogen) atoms.